The first-order chi connectivity index (χ1) is 14.6. The highest BCUT2D eigenvalue weighted by Crippen LogP contribution is 2.32. The van der Waals surface area contributed by atoms with E-state index < -0.39 is 0 Å². The minimum atomic E-state index is -0.190. The Kier molecular flexibility index (Phi) is 9.46. The van der Waals surface area contributed by atoms with Gasteiger partial charge in [0.05, 0.1) is 17.7 Å². The molecule has 174 valence electrons. The molecule has 2 aromatic heterocycles. The Morgan fingerprint density at radius 1 is 1.25 bits per heavy atom. The fourth-order valence-corrected chi connectivity index (χ4v) is 4.28. The van der Waals surface area contributed by atoms with Crippen molar-refractivity contribution in [1.29, 1.82) is 0 Å². The third-order valence-corrected chi connectivity index (χ3v) is 5.97. The summed E-state index contributed by atoms with van der Waals surface area (Å²) >= 11 is 0. The van der Waals surface area contributed by atoms with E-state index in [9.17, 15) is 9.18 Å². The topological polar surface area (TPSA) is 73.4 Å². The van der Waals surface area contributed by atoms with E-state index in [0.717, 1.165) is 29.3 Å². The number of likely N-dealkylation sites (tertiary alicyclic amines) is 1. The summed E-state index contributed by atoms with van der Waals surface area (Å²) < 4.78 is 21.6. The summed E-state index contributed by atoms with van der Waals surface area (Å²) in [6, 6.07) is 7.01. The predicted molar refractivity (Wildman–Crippen MR) is 128 cm³/mol. The van der Waals surface area contributed by atoms with Crippen LogP contribution in [0.3, 0.4) is 0 Å². The number of pyridine rings is 1. The van der Waals surface area contributed by atoms with E-state index in [1.165, 1.54) is 6.07 Å². The molecule has 6 nitrogen and oxygen atoms in total. The SMILES string of the molecule is COCCn1cc(C(=O)N2CCC(c3cc(CN)ccc3F)CC2)c2cnccc21.Cl.Cl. The summed E-state index contributed by atoms with van der Waals surface area (Å²) in [4.78, 5) is 19.3. The van der Waals surface area contributed by atoms with Crippen molar-refractivity contribution in [3.63, 3.8) is 0 Å². The maximum absolute atomic E-state index is 14.3. The Balaban J connectivity index is 0.00000181. The number of nitrogens with zero attached hydrogens (tertiary/aromatic N) is 3. The third-order valence-electron chi connectivity index (χ3n) is 5.97. The molecule has 4 rings (SSSR count). The molecule has 0 bridgehead atoms. The zero-order chi connectivity index (χ0) is 21.1. The van der Waals surface area contributed by atoms with E-state index in [-0.39, 0.29) is 42.5 Å². The van der Waals surface area contributed by atoms with Gasteiger partial charge < -0.3 is 19.9 Å². The van der Waals surface area contributed by atoms with Gasteiger partial charge in [-0.25, -0.2) is 4.39 Å². The number of ether oxygens (including phenoxy) is 1. The van der Waals surface area contributed by atoms with E-state index in [1.807, 2.05) is 27.8 Å². The lowest BCUT2D eigenvalue weighted by molar-refractivity contribution is 0.0714. The van der Waals surface area contributed by atoms with Crippen molar-refractivity contribution in [2.45, 2.75) is 31.8 Å². The van der Waals surface area contributed by atoms with Gasteiger partial charge in [0.15, 0.2) is 0 Å². The van der Waals surface area contributed by atoms with E-state index in [1.54, 1.807) is 25.6 Å². The average Bonchev–Trinajstić information content (AvgIpc) is 3.16. The maximum atomic E-state index is 14.3. The van der Waals surface area contributed by atoms with Crippen LogP contribution in [-0.2, 0) is 17.8 Å². The van der Waals surface area contributed by atoms with Crippen molar-refractivity contribution in [3.05, 3.63) is 65.4 Å². The van der Waals surface area contributed by atoms with Crippen molar-refractivity contribution in [1.82, 2.24) is 14.5 Å². The molecule has 0 radical (unpaired) electrons. The van der Waals surface area contributed by atoms with Gasteiger partial charge in [0.25, 0.3) is 5.91 Å². The number of methoxy groups -OCH3 is 1. The summed E-state index contributed by atoms with van der Waals surface area (Å²) in [6.45, 7) is 2.83. The van der Waals surface area contributed by atoms with Gasteiger partial charge in [0, 0.05) is 57.3 Å². The zero-order valence-electron chi connectivity index (χ0n) is 18.0. The van der Waals surface area contributed by atoms with E-state index in [0.29, 0.717) is 43.9 Å². The lowest BCUT2D eigenvalue weighted by atomic mass is 9.88. The number of amides is 1. The normalized spacial score (nSPS) is 14.2. The molecule has 0 atom stereocenters. The first-order valence-corrected chi connectivity index (χ1v) is 10.3. The van der Waals surface area contributed by atoms with Gasteiger partial charge in [-0.15, -0.1) is 24.8 Å². The highest BCUT2D eigenvalue weighted by molar-refractivity contribution is 6.06. The van der Waals surface area contributed by atoms with Crippen molar-refractivity contribution in [2.75, 3.05) is 26.8 Å². The highest BCUT2D eigenvalue weighted by atomic mass is 35.5. The van der Waals surface area contributed by atoms with Gasteiger partial charge >= 0.3 is 0 Å². The van der Waals surface area contributed by atoms with E-state index >= 15 is 0 Å². The molecule has 0 saturated carbocycles. The van der Waals surface area contributed by atoms with Gasteiger partial charge in [-0.2, -0.15) is 0 Å². The van der Waals surface area contributed by atoms with Gasteiger partial charge in [0.2, 0.25) is 0 Å². The molecular formula is C23H29Cl2FN4O2. The Bertz CT molecular complexity index is 1050. The minimum Gasteiger partial charge on any atom is -0.383 e. The number of hydrogen-bond donors (Lipinski definition) is 1. The Hall–Kier alpha value is -2.19. The summed E-state index contributed by atoms with van der Waals surface area (Å²) in [5.74, 6) is -0.0895. The number of carbonyl (C=O) groups is 1. The molecule has 0 aliphatic carbocycles. The summed E-state index contributed by atoms with van der Waals surface area (Å²) in [5.41, 5.74) is 8.99. The highest BCUT2D eigenvalue weighted by Gasteiger charge is 2.28. The number of piperidine rings is 1. The Morgan fingerprint density at radius 3 is 2.69 bits per heavy atom. The van der Waals surface area contributed by atoms with Crippen LogP contribution in [0, 0.1) is 5.82 Å². The average molecular weight is 483 g/mol. The van der Waals surface area contributed by atoms with E-state index in [2.05, 4.69) is 4.98 Å². The largest absolute Gasteiger partial charge is 0.383 e. The molecule has 9 heteroatoms. The summed E-state index contributed by atoms with van der Waals surface area (Å²) in [5, 5.41) is 0.849. The molecule has 1 fully saturated rings. The Morgan fingerprint density at radius 2 is 2.00 bits per heavy atom. The molecule has 2 N–H and O–H groups in total. The molecule has 1 aliphatic rings. The quantitative estimate of drug-likeness (QED) is 0.572. The predicted octanol–water partition coefficient (Wildman–Crippen LogP) is 4.14. The van der Waals surface area contributed by atoms with Gasteiger partial charge in [-0.3, -0.25) is 9.78 Å². The number of nitrogens with two attached hydrogens (primary N) is 1. The van der Waals surface area contributed by atoms with Gasteiger partial charge in [-0.05, 0) is 42.0 Å². The number of hydrogen-bond acceptors (Lipinski definition) is 4. The molecule has 1 aliphatic heterocycles. The summed E-state index contributed by atoms with van der Waals surface area (Å²) in [7, 11) is 1.66. The van der Waals surface area contributed by atoms with Crippen LogP contribution in [-0.4, -0.2) is 47.2 Å². The number of fused-ring (bicyclic) bond motifs is 1. The molecule has 0 spiro atoms. The van der Waals surface area contributed by atoms with Crippen molar-refractivity contribution >= 4 is 41.6 Å². The first kappa shape index (κ1) is 26.1. The van der Waals surface area contributed by atoms with Crippen molar-refractivity contribution in [2.24, 2.45) is 5.73 Å². The monoisotopic (exact) mass is 482 g/mol. The molecule has 3 heterocycles. The molecule has 1 amide bonds. The van der Waals surface area contributed by atoms with Crippen molar-refractivity contribution in [3.8, 4) is 0 Å². The van der Waals surface area contributed by atoms with Crippen LogP contribution in [0.4, 0.5) is 4.39 Å². The molecular weight excluding hydrogens is 454 g/mol. The molecule has 32 heavy (non-hydrogen) atoms. The number of halogens is 3. The smallest absolute Gasteiger partial charge is 0.256 e. The fraction of sp³-hybridized carbons (Fsp3) is 0.391. The third kappa shape index (κ3) is 5.23. The van der Waals surface area contributed by atoms with Gasteiger partial charge in [0.1, 0.15) is 5.82 Å². The van der Waals surface area contributed by atoms with E-state index in [4.69, 9.17) is 10.5 Å². The van der Waals surface area contributed by atoms with Crippen LogP contribution in [0.5, 0.6) is 0 Å². The zero-order valence-corrected chi connectivity index (χ0v) is 19.6. The first-order valence-electron chi connectivity index (χ1n) is 10.3. The van der Waals surface area contributed by atoms with Crippen molar-refractivity contribution < 1.29 is 13.9 Å². The van der Waals surface area contributed by atoms with Crippen LogP contribution in [0.2, 0.25) is 0 Å². The second-order valence-electron chi connectivity index (χ2n) is 7.75. The molecule has 0 unspecified atom stereocenters. The van der Waals surface area contributed by atoms with Gasteiger partial charge in [-0.1, -0.05) is 12.1 Å². The number of carbonyl (C=O) groups excluding carboxylic acids is 1. The van der Waals surface area contributed by atoms with Crippen LogP contribution in [0.25, 0.3) is 10.9 Å². The number of rotatable bonds is 6. The molecule has 1 saturated heterocycles. The lowest BCUT2D eigenvalue weighted by Crippen LogP contribution is -2.38. The van der Waals surface area contributed by atoms with Crippen LogP contribution in [0.15, 0.2) is 42.9 Å². The Labute approximate surface area is 199 Å². The van der Waals surface area contributed by atoms with Crippen LogP contribution >= 0.6 is 24.8 Å². The number of aromatic nitrogens is 2. The second kappa shape index (κ2) is 11.6. The lowest BCUT2D eigenvalue weighted by Gasteiger charge is -2.32. The summed E-state index contributed by atoms with van der Waals surface area (Å²) in [6.07, 6.45) is 6.83. The van der Waals surface area contributed by atoms with Crippen LogP contribution in [0.1, 0.15) is 40.2 Å². The molecule has 1 aromatic carbocycles. The second-order valence-corrected chi connectivity index (χ2v) is 7.75. The standard InChI is InChI=1S/C23H27FN4O2.2ClH/c1-30-11-10-28-15-20(19-14-26-7-4-22(19)28)23(29)27-8-5-17(6-9-27)18-12-16(13-25)2-3-21(18)24;;/h2-4,7,12,14-15,17H,5-6,8-11,13,25H2,1H3;2*1H. The van der Waals surface area contributed by atoms with Crippen LogP contribution < -0.4 is 5.73 Å². The fourth-order valence-electron chi connectivity index (χ4n) is 4.28. The maximum Gasteiger partial charge on any atom is 0.256 e. The molecule has 3 aromatic rings. The minimum absolute atomic E-state index is 0. The number of benzene rings is 1.